The maximum atomic E-state index is 12.3. The second-order valence-corrected chi connectivity index (χ2v) is 6.08. The van der Waals surface area contributed by atoms with E-state index in [4.69, 9.17) is 4.74 Å². The van der Waals surface area contributed by atoms with Crippen molar-refractivity contribution in [1.29, 1.82) is 0 Å². The van der Waals surface area contributed by atoms with Gasteiger partial charge in [0, 0.05) is 46.4 Å². The number of ether oxygens (including phenoxy) is 1. The van der Waals surface area contributed by atoms with E-state index in [9.17, 15) is 18.0 Å². The first kappa shape index (κ1) is 17.5. The van der Waals surface area contributed by atoms with Crippen molar-refractivity contribution < 1.29 is 22.7 Å². The average Bonchev–Trinajstić information content (AvgIpc) is 2.92. The molecular formula is C14H24F3N3O2. The lowest BCUT2D eigenvalue weighted by atomic mass is 10.2. The van der Waals surface area contributed by atoms with E-state index < -0.39 is 18.6 Å². The third-order valence-electron chi connectivity index (χ3n) is 4.15. The highest BCUT2D eigenvalue weighted by Crippen LogP contribution is 2.16. The molecule has 0 N–H and O–H groups in total. The van der Waals surface area contributed by atoms with Crippen molar-refractivity contribution in [1.82, 2.24) is 14.7 Å². The first-order valence-corrected chi connectivity index (χ1v) is 7.70. The third-order valence-corrected chi connectivity index (χ3v) is 4.15. The SMILES string of the molecule is CN(CC(F)(F)F)C(=O)CN1CCN(CC2CCCO2)CC1. The molecule has 0 aromatic rings. The summed E-state index contributed by atoms with van der Waals surface area (Å²) in [5.74, 6) is -0.482. The molecule has 2 aliphatic rings. The second kappa shape index (κ2) is 7.61. The van der Waals surface area contributed by atoms with Gasteiger partial charge in [-0.05, 0) is 12.8 Å². The molecular weight excluding hydrogens is 299 g/mol. The van der Waals surface area contributed by atoms with Crippen LogP contribution in [0.4, 0.5) is 13.2 Å². The van der Waals surface area contributed by atoms with Crippen LogP contribution in [0.25, 0.3) is 0 Å². The minimum absolute atomic E-state index is 0.0559. The van der Waals surface area contributed by atoms with Crippen molar-refractivity contribution in [2.75, 3.05) is 59.5 Å². The zero-order chi connectivity index (χ0) is 16.2. The van der Waals surface area contributed by atoms with Crippen LogP contribution >= 0.6 is 0 Å². The Hall–Kier alpha value is -0.860. The van der Waals surface area contributed by atoms with Gasteiger partial charge in [-0.25, -0.2) is 0 Å². The summed E-state index contributed by atoms with van der Waals surface area (Å²) in [5, 5.41) is 0. The Balaban J connectivity index is 1.67. The summed E-state index contributed by atoms with van der Waals surface area (Å²) in [4.78, 5) is 16.8. The minimum atomic E-state index is -4.34. The molecule has 0 radical (unpaired) electrons. The highest BCUT2D eigenvalue weighted by molar-refractivity contribution is 5.78. The van der Waals surface area contributed by atoms with Gasteiger partial charge in [-0.2, -0.15) is 13.2 Å². The number of nitrogens with zero attached hydrogens (tertiary/aromatic N) is 3. The maximum absolute atomic E-state index is 12.3. The van der Waals surface area contributed by atoms with Gasteiger partial charge in [-0.15, -0.1) is 0 Å². The number of alkyl halides is 3. The first-order valence-electron chi connectivity index (χ1n) is 7.70. The molecule has 2 fully saturated rings. The summed E-state index contributed by atoms with van der Waals surface area (Å²) in [7, 11) is 1.20. The smallest absolute Gasteiger partial charge is 0.377 e. The quantitative estimate of drug-likeness (QED) is 0.750. The van der Waals surface area contributed by atoms with Gasteiger partial charge in [0.05, 0.1) is 12.6 Å². The van der Waals surface area contributed by atoms with Crippen LogP contribution in [0.1, 0.15) is 12.8 Å². The Morgan fingerprint density at radius 1 is 1.23 bits per heavy atom. The Morgan fingerprint density at radius 3 is 2.41 bits per heavy atom. The van der Waals surface area contributed by atoms with Crippen LogP contribution in [-0.4, -0.2) is 92.4 Å². The van der Waals surface area contributed by atoms with E-state index in [1.807, 2.05) is 4.90 Å². The van der Waals surface area contributed by atoms with E-state index in [1.165, 1.54) is 7.05 Å². The van der Waals surface area contributed by atoms with Gasteiger partial charge >= 0.3 is 6.18 Å². The predicted octanol–water partition coefficient (Wildman–Crippen LogP) is 0.804. The highest BCUT2D eigenvalue weighted by Gasteiger charge is 2.32. The van der Waals surface area contributed by atoms with Gasteiger partial charge in [0.2, 0.25) is 5.91 Å². The van der Waals surface area contributed by atoms with Crippen LogP contribution in [0.15, 0.2) is 0 Å². The second-order valence-electron chi connectivity index (χ2n) is 6.08. The van der Waals surface area contributed by atoms with Crippen molar-refractivity contribution in [3.05, 3.63) is 0 Å². The molecule has 0 bridgehead atoms. The fourth-order valence-corrected chi connectivity index (χ4v) is 2.88. The van der Waals surface area contributed by atoms with E-state index in [-0.39, 0.29) is 6.54 Å². The van der Waals surface area contributed by atoms with Gasteiger partial charge in [0.15, 0.2) is 0 Å². The molecule has 1 atom stereocenters. The Labute approximate surface area is 129 Å². The fourth-order valence-electron chi connectivity index (χ4n) is 2.88. The van der Waals surface area contributed by atoms with Crippen LogP contribution in [0, 0.1) is 0 Å². The molecule has 0 aromatic carbocycles. The van der Waals surface area contributed by atoms with E-state index in [0.29, 0.717) is 19.2 Å². The summed E-state index contributed by atoms with van der Waals surface area (Å²) < 4.78 is 42.4. The lowest BCUT2D eigenvalue weighted by Crippen LogP contribution is -2.51. The average molecular weight is 323 g/mol. The van der Waals surface area contributed by atoms with Crippen molar-refractivity contribution >= 4 is 5.91 Å². The van der Waals surface area contributed by atoms with E-state index in [1.54, 1.807) is 0 Å². The molecule has 2 saturated heterocycles. The molecule has 0 aliphatic carbocycles. The number of rotatable bonds is 5. The molecule has 1 amide bonds. The lowest BCUT2D eigenvalue weighted by molar-refractivity contribution is -0.159. The summed E-state index contributed by atoms with van der Waals surface area (Å²) in [6, 6.07) is 0. The number of likely N-dealkylation sites (N-methyl/N-ethyl adjacent to an activating group) is 1. The lowest BCUT2D eigenvalue weighted by Gasteiger charge is -2.36. The van der Waals surface area contributed by atoms with Gasteiger partial charge in [0.1, 0.15) is 6.54 Å². The van der Waals surface area contributed by atoms with Crippen LogP contribution in [0.2, 0.25) is 0 Å². The van der Waals surface area contributed by atoms with Crippen LogP contribution in [0.3, 0.4) is 0 Å². The number of halogens is 3. The van der Waals surface area contributed by atoms with E-state index in [2.05, 4.69) is 4.90 Å². The third kappa shape index (κ3) is 5.73. The monoisotopic (exact) mass is 323 g/mol. The molecule has 8 heteroatoms. The molecule has 2 rings (SSSR count). The molecule has 128 valence electrons. The minimum Gasteiger partial charge on any atom is -0.377 e. The molecule has 0 saturated carbocycles. The maximum Gasteiger partial charge on any atom is 0.406 e. The van der Waals surface area contributed by atoms with Crippen LogP contribution in [0.5, 0.6) is 0 Å². The van der Waals surface area contributed by atoms with Crippen molar-refractivity contribution in [2.45, 2.75) is 25.1 Å². The normalized spacial score (nSPS) is 24.6. The van der Waals surface area contributed by atoms with Crippen molar-refractivity contribution in [3.63, 3.8) is 0 Å². The summed E-state index contributed by atoms with van der Waals surface area (Å²) >= 11 is 0. The molecule has 1 unspecified atom stereocenters. The zero-order valence-corrected chi connectivity index (χ0v) is 12.9. The van der Waals surface area contributed by atoms with Crippen LogP contribution < -0.4 is 0 Å². The molecule has 2 aliphatic heterocycles. The number of carbonyl (C=O) groups excluding carboxylic acids is 1. The molecule has 2 heterocycles. The molecule has 22 heavy (non-hydrogen) atoms. The summed E-state index contributed by atoms with van der Waals surface area (Å²) in [6.07, 6.45) is -1.82. The van der Waals surface area contributed by atoms with Crippen molar-refractivity contribution in [3.8, 4) is 0 Å². The number of piperazine rings is 1. The molecule has 5 nitrogen and oxygen atoms in total. The van der Waals surface area contributed by atoms with Gasteiger partial charge in [-0.1, -0.05) is 0 Å². The Bertz CT molecular complexity index is 365. The first-order chi connectivity index (χ1) is 10.3. The molecule has 0 spiro atoms. The zero-order valence-electron chi connectivity index (χ0n) is 12.9. The van der Waals surface area contributed by atoms with Gasteiger partial charge in [-0.3, -0.25) is 14.6 Å². The number of hydrogen-bond donors (Lipinski definition) is 0. The summed E-state index contributed by atoms with van der Waals surface area (Å²) in [6.45, 7) is 3.69. The fraction of sp³-hybridized carbons (Fsp3) is 0.929. The highest BCUT2D eigenvalue weighted by atomic mass is 19.4. The summed E-state index contributed by atoms with van der Waals surface area (Å²) in [5.41, 5.74) is 0. The Kier molecular flexibility index (Phi) is 6.05. The number of hydrogen-bond acceptors (Lipinski definition) is 4. The topological polar surface area (TPSA) is 36.0 Å². The van der Waals surface area contributed by atoms with Gasteiger partial charge < -0.3 is 9.64 Å². The largest absolute Gasteiger partial charge is 0.406 e. The predicted molar refractivity (Wildman–Crippen MR) is 75.5 cm³/mol. The Morgan fingerprint density at radius 2 is 1.86 bits per heavy atom. The van der Waals surface area contributed by atoms with E-state index >= 15 is 0 Å². The molecule has 0 aromatic heterocycles. The van der Waals surface area contributed by atoms with Gasteiger partial charge in [0.25, 0.3) is 0 Å². The van der Waals surface area contributed by atoms with E-state index in [0.717, 1.165) is 44.0 Å². The number of amides is 1. The van der Waals surface area contributed by atoms with Crippen LogP contribution in [-0.2, 0) is 9.53 Å². The standard InChI is InChI=1S/C14H24F3N3O2/c1-18(11-14(15,16)17)13(21)10-20-6-4-19(5-7-20)9-12-3-2-8-22-12/h12H,2-11H2,1H3. The van der Waals surface area contributed by atoms with Crippen molar-refractivity contribution in [2.24, 2.45) is 0 Å². The number of carbonyl (C=O) groups is 1.